The third-order valence-electron chi connectivity index (χ3n) is 3.82. The third kappa shape index (κ3) is 4.15. The van der Waals surface area contributed by atoms with Crippen molar-refractivity contribution < 1.29 is 18.3 Å². The average molecular weight is 336 g/mol. The molecule has 1 saturated heterocycles. The zero-order chi connectivity index (χ0) is 16.9. The predicted molar refractivity (Wildman–Crippen MR) is 83.8 cm³/mol. The summed E-state index contributed by atoms with van der Waals surface area (Å²) in [6.45, 7) is 4.84. The molecular weight excluding hydrogens is 318 g/mol. The third-order valence-corrected chi connectivity index (χ3v) is 3.82. The van der Waals surface area contributed by atoms with Crippen molar-refractivity contribution in [1.29, 1.82) is 0 Å². The first-order valence-electron chi connectivity index (χ1n) is 7.71. The summed E-state index contributed by atoms with van der Waals surface area (Å²) < 4.78 is 33.1. The number of nitrogens with zero attached hydrogens (tertiary/aromatic N) is 3. The summed E-state index contributed by atoms with van der Waals surface area (Å²) in [5, 5.41) is 6.81. The number of hydrogen-bond acceptors (Lipinski definition) is 4. The van der Waals surface area contributed by atoms with E-state index in [4.69, 9.17) is 4.74 Å². The Bertz CT molecular complexity index is 714. The van der Waals surface area contributed by atoms with Gasteiger partial charge in [-0.25, -0.2) is 8.78 Å². The highest BCUT2D eigenvalue weighted by Crippen LogP contribution is 2.12. The van der Waals surface area contributed by atoms with Crippen LogP contribution in [0.25, 0.3) is 0 Å². The fraction of sp³-hybridized carbons (Fsp3) is 0.375. The van der Waals surface area contributed by atoms with Crippen LogP contribution in [-0.2, 0) is 11.3 Å². The van der Waals surface area contributed by atoms with Gasteiger partial charge in [-0.1, -0.05) is 0 Å². The quantitative estimate of drug-likeness (QED) is 0.904. The fourth-order valence-electron chi connectivity index (χ4n) is 2.46. The van der Waals surface area contributed by atoms with Crippen molar-refractivity contribution in [3.63, 3.8) is 0 Å². The minimum atomic E-state index is -1.05. The highest BCUT2D eigenvalue weighted by atomic mass is 19.2. The maximum atomic E-state index is 13.2. The van der Waals surface area contributed by atoms with Crippen LogP contribution in [0.15, 0.2) is 30.6 Å². The zero-order valence-electron chi connectivity index (χ0n) is 13.0. The molecule has 0 bridgehead atoms. The molecule has 3 rings (SSSR count). The number of halogens is 2. The minimum Gasteiger partial charge on any atom is -0.379 e. The fourth-order valence-corrected chi connectivity index (χ4v) is 2.46. The summed E-state index contributed by atoms with van der Waals surface area (Å²) in [7, 11) is 0. The van der Waals surface area contributed by atoms with E-state index in [0.29, 0.717) is 12.2 Å². The number of carbonyl (C=O) groups is 1. The lowest BCUT2D eigenvalue weighted by Crippen LogP contribution is -2.38. The second-order valence-electron chi connectivity index (χ2n) is 5.53. The molecule has 24 heavy (non-hydrogen) atoms. The monoisotopic (exact) mass is 336 g/mol. The lowest BCUT2D eigenvalue weighted by molar-refractivity contribution is 0.0360. The first-order chi connectivity index (χ1) is 11.6. The molecule has 0 radical (unpaired) electrons. The van der Waals surface area contributed by atoms with E-state index >= 15 is 0 Å². The van der Waals surface area contributed by atoms with Crippen molar-refractivity contribution in [2.75, 3.05) is 38.2 Å². The van der Waals surface area contributed by atoms with Crippen molar-refractivity contribution in [2.24, 2.45) is 0 Å². The highest BCUT2D eigenvalue weighted by Gasteiger charge is 2.12. The Morgan fingerprint density at radius 2 is 2.00 bits per heavy atom. The number of rotatable bonds is 5. The Kier molecular flexibility index (Phi) is 5.17. The standard InChI is InChI=1S/C16H18F2N4O2/c17-14-2-1-12(9-15(14)18)16(23)20-13-10-19-22(11-13)4-3-21-5-7-24-8-6-21/h1-2,9-11H,3-8H2,(H,20,23). The number of carbonyl (C=O) groups excluding carboxylic acids is 1. The van der Waals surface area contributed by atoms with Crippen LogP contribution in [0, 0.1) is 11.6 Å². The lowest BCUT2D eigenvalue weighted by Gasteiger charge is -2.26. The molecule has 2 aromatic rings. The van der Waals surface area contributed by atoms with Gasteiger partial charge in [-0.05, 0) is 18.2 Å². The molecule has 1 aromatic carbocycles. The largest absolute Gasteiger partial charge is 0.379 e. The van der Waals surface area contributed by atoms with Crippen molar-refractivity contribution in [3.8, 4) is 0 Å². The van der Waals surface area contributed by atoms with Crippen LogP contribution in [0.2, 0.25) is 0 Å². The molecule has 8 heteroatoms. The van der Waals surface area contributed by atoms with Crippen molar-refractivity contribution in [3.05, 3.63) is 47.8 Å². The second kappa shape index (κ2) is 7.50. The predicted octanol–water partition coefficient (Wildman–Crippen LogP) is 1.75. The molecule has 0 unspecified atom stereocenters. The molecule has 6 nitrogen and oxygen atoms in total. The smallest absolute Gasteiger partial charge is 0.255 e. The van der Waals surface area contributed by atoms with Gasteiger partial charge in [0, 0.05) is 31.4 Å². The van der Waals surface area contributed by atoms with Gasteiger partial charge < -0.3 is 10.1 Å². The van der Waals surface area contributed by atoms with Gasteiger partial charge in [0.25, 0.3) is 5.91 Å². The zero-order valence-corrected chi connectivity index (χ0v) is 13.0. The number of amides is 1. The Morgan fingerprint density at radius 3 is 2.75 bits per heavy atom. The molecule has 128 valence electrons. The molecule has 1 N–H and O–H groups in total. The molecular formula is C16H18F2N4O2. The average Bonchev–Trinajstić information content (AvgIpc) is 3.04. The summed E-state index contributed by atoms with van der Waals surface area (Å²) in [5.41, 5.74) is 0.557. The normalized spacial score (nSPS) is 15.4. The maximum Gasteiger partial charge on any atom is 0.255 e. The number of nitrogens with one attached hydrogen (secondary N) is 1. The van der Waals surface area contributed by atoms with Gasteiger partial charge in [-0.15, -0.1) is 0 Å². The molecule has 1 aliphatic heterocycles. The molecule has 1 aromatic heterocycles. The Labute approximate surface area is 138 Å². The van der Waals surface area contributed by atoms with E-state index in [1.54, 1.807) is 10.9 Å². The Balaban J connectivity index is 1.55. The highest BCUT2D eigenvalue weighted by molar-refractivity contribution is 6.04. The van der Waals surface area contributed by atoms with Crippen LogP contribution >= 0.6 is 0 Å². The molecule has 0 spiro atoms. The molecule has 1 aliphatic rings. The van der Waals surface area contributed by atoms with Crippen LogP contribution in [0.1, 0.15) is 10.4 Å². The molecule has 2 heterocycles. The van der Waals surface area contributed by atoms with E-state index < -0.39 is 17.5 Å². The first kappa shape index (κ1) is 16.5. The Hall–Kier alpha value is -2.32. The summed E-state index contributed by atoms with van der Waals surface area (Å²) in [4.78, 5) is 14.3. The number of ether oxygens (including phenoxy) is 1. The molecule has 0 saturated carbocycles. The van der Waals surface area contributed by atoms with E-state index in [9.17, 15) is 13.6 Å². The van der Waals surface area contributed by atoms with E-state index in [1.165, 1.54) is 12.3 Å². The van der Waals surface area contributed by atoms with E-state index in [2.05, 4.69) is 15.3 Å². The SMILES string of the molecule is O=C(Nc1cnn(CCN2CCOCC2)c1)c1ccc(F)c(F)c1. The van der Waals surface area contributed by atoms with Crippen molar-refractivity contribution >= 4 is 11.6 Å². The van der Waals surface area contributed by atoms with Crippen molar-refractivity contribution in [1.82, 2.24) is 14.7 Å². The maximum absolute atomic E-state index is 13.2. The summed E-state index contributed by atoms with van der Waals surface area (Å²) in [5.74, 6) is -2.55. The van der Waals surface area contributed by atoms with Gasteiger partial charge in [0.1, 0.15) is 0 Å². The minimum absolute atomic E-state index is 0.0509. The number of aromatic nitrogens is 2. The topological polar surface area (TPSA) is 59.4 Å². The summed E-state index contributed by atoms with van der Waals surface area (Å²) in [6.07, 6.45) is 3.23. The molecule has 0 aliphatic carbocycles. The van der Waals surface area contributed by atoms with Gasteiger partial charge in [0.2, 0.25) is 0 Å². The van der Waals surface area contributed by atoms with Crippen LogP contribution in [0.5, 0.6) is 0 Å². The van der Waals surface area contributed by atoms with Crippen LogP contribution in [0.4, 0.5) is 14.5 Å². The first-order valence-corrected chi connectivity index (χ1v) is 7.71. The summed E-state index contributed by atoms with van der Waals surface area (Å²) >= 11 is 0. The molecule has 1 fully saturated rings. The van der Waals surface area contributed by atoms with Crippen LogP contribution in [-0.4, -0.2) is 53.4 Å². The molecule has 0 atom stereocenters. The van der Waals surface area contributed by atoms with Gasteiger partial charge in [-0.2, -0.15) is 5.10 Å². The lowest BCUT2D eigenvalue weighted by atomic mass is 10.2. The number of morpholine rings is 1. The van der Waals surface area contributed by atoms with Crippen LogP contribution in [0.3, 0.4) is 0 Å². The summed E-state index contributed by atoms with van der Waals surface area (Å²) in [6, 6.07) is 3.03. The number of hydrogen-bond donors (Lipinski definition) is 1. The van der Waals surface area contributed by atoms with E-state index in [0.717, 1.165) is 45.0 Å². The van der Waals surface area contributed by atoms with Gasteiger partial charge in [-0.3, -0.25) is 14.4 Å². The van der Waals surface area contributed by atoms with E-state index in [1.807, 2.05) is 0 Å². The van der Waals surface area contributed by atoms with Crippen molar-refractivity contribution in [2.45, 2.75) is 6.54 Å². The van der Waals surface area contributed by atoms with Crippen LogP contribution < -0.4 is 5.32 Å². The Morgan fingerprint density at radius 1 is 1.21 bits per heavy atom. The van der Waals surface area contributed by atoms with Gasteiger partial charge in [0.15, 0.2) is 11.6 Å². The molecule has 1 amide bonds. The van der Waals surface area contributed by atoms with Gasteiger partial charge >= 0.3 is 0 Å². The van der Waals surface area contributed by atoms with E-state index in [-0.39, 0.29) is 5.56 Å². The van der Waals surface area contributed by atoms with Gasteiger partial charge in [0.05, 0.1) is 31.6 Å². The number of benzene rings is 1. The second-order valence-corrected chi connectivity index (χ2v) is 5.53. The number of anilines is 1.